The normalized spacial score (nSPS) is 17.4. The van der Waals surface area contributed by atoms with Crippen molar-refractivity contribution in [3.05, 3.63) is 35.4 Å². The van der Waals surface area contributed by atoms with E-state index in [9.17, 15) is 10.2 Å². The zero-order valence-corrected chi connectivity index (χ0v) is 16.8. The Morgan fingerprint density at radius 3 is 2.52 bits per heavy atom. The summed E-state index contributed by atoms with van der Waals surface area (Å²) in [5.41, 5.74) is 2.58. The summed E-state index contributed by atoms with van der Waals surface area (Å²) >= 11 is 0. The maximum atomic E-state index is 10.5. The van der Waals surface area contributed by atoms with E-state index in [-0.39, 0.29) is 0 Å². The fraction of sp³-hybridized carbons (Fsp3) is 0.636. The van der Waals surface area contributed by atoms with Crippen molar-refractivity contribution < 1.29 is 24.4 Å². The van der Waals surface area contributed by atoms with E-state index in [0.717, 1.165) is 36.8 Å². The van der Waals surface area contributed by atoms with Gasteiger partial charge in [-0.1, -0.05) is 50.5 Å². The summed E-state index contributed by atoms with van der Waals surface area (Å²) in [6.07, 6.45) is 5.73. The summed E-state index contributed by atoms with van der Waals surface area (Å²) in [5, 5.41) is 20.1. The average Bonchev–Trinajstić information content (AvgIpc) is 2.62. The van der Waals surface area contributed by atoms with Crippen molar-refractivity contribution in [3.8, 4) is 0 Å². The molecule has 1 aliphatic carbocycles. The van der Waals surface area contributed by atoms with Crippen LogP contribution in [0.3, 0.4) is 0 Å². The van der Waals surface area contributed by atoms with Gasteiger partial charge < -0.3 is 24.4 Å². The Labute approximate surface area is 163 Å². The summed E-state index contributed by atoms with van der Waals surface area (Å²) in [6.45, 7) is 4.77. The molecule has 0 amide bonds. The van der Waals surface area contributed by atoms with E-state index in [1.807, 2.05) is 19.1 Å². The number of fused-ring (bicyclic) bond motifs is 1. The molecule has 0 saturated carbocycles. The first-order valence-corrected chi connectivity index (χ1v) is 9.94. The van der Waals surface area contributed by atoms with Gasteiger partial charge in [-0.25, -0.2) is 0 Å². The predicted molar refractivity (Wildman–Crippen MR) is 107 cm³/mol. The molecule has 5 heteroatoms. The van der Waals surface area contributed by atoms with E-state index in [1.54, 1.807) is 0 Å². The standard InChI is InChI=1S/C22H34O5/c1-4-5-8-12-22(2,24)13-15-27-21(26-14-11-20(23)25-3)19-16-17-9-6-7-10-18(17)19/h6-7,9-10,16,20-21,23-24H,4-5,8,11-15H2,1-3H3/t20?,21?,22-/m0/s1. The summed E-state index contributed by atoms with van der Waals surface area (Å²) in [4.78, 5) is 0. The van der Waals surface area contributed by atoms with Gasteiger partial charge >= 0.3 is 0 Å². The highest BCUT2D eigenvalue weighted by molar-refractivity contribution is 5.96. The van der Waals surface area contributed by atoms with Crippen LogP contribution in [0.5, 0.6) is 0 Å². The molecule has 1 aromatic carbocycles. The van der Waals surface area contributed by atoms with Crippen molar-refractivity contribution >= 4 is 11.6 Å². The SMILES string of the molecule is CCCCC[C@](C)(O)CCOC(OCCC(O)OC)C1=Cc2ccccc21. The minimum absolute atomic E-state index is 0.325. The Kier molecular flexibility index (Phi) is 8.93. The lowest BCUT2D eigenvalue weighted by atomic mass is 9.88. The van der Waals surface area contributed by atoms with Gasteiger partial charge in [0, 0.05) is 19.1 Å². The Morgan fingerprint density at radius 1 is 1.07 bits per heavy atom. The van der Waals surface area contributed by atoms with Crippen LogP contribution < -0.4 is 0 Å². The molecule has 2 rings (SSSR count). The molecule has 0 radical (unpaired) electrons. The summed E-state index contributed by atoms with van der Waals surface area (Å²) in [7, 11) is 1.46. The third-order valence-electron chi connectivity index (χ3n) is 4.97. The Bertz CT molecular complexity index is 596. The quantitative estimate of drug-likeness (QED) is 0.379. The minimum atomic E-state index is -0.840. The third-order valence-corrected chi connectivity index (χ3v) is 4.97. The number of unbranched alkanes of at least 4 members (excludes halogenated alkanes) is 2. The van der Waals surface area contributed by atoms with Crippen molar-refractivity contribution in [2.45, 2.75) is 70.6 Å². The van der Waals surface area contributed by atoms with Gasteiger partial charge in [0.15, 0.2) is 12.6 Å². The van der Waals surface area contributed by atoms with Crippen molar-refractivity contribution in [3.63, 3.8) is 0 Å². The molecule has 0 saturated heterocycles. The molecule has 1 aliphatic rings. The topological polar surface area (TPSA) is 68.2 Å². The predicted octanol–water partition coefficient (Wildman–Crippen LogP) is 3.98. The molecule has 3 atom stereocenters. The van der Waals surface area contributed by atoms with E-state index in [0.29, 0.717) is 26.1 Å². The molecule has 2 unspecified atom stereocenters. The van der Waals surface area contributed by atoms with Crippen LogP contribution in [0, 0.1) is 0 Å². The summed E-state index contributed by atoms with van der Waals surface area (Å²) in [6, 6.07) is 8.11. The molecule has 1 aromatic rings. The molecule has 0 aromatic heterocycles. The number of hydrogen-bond donors (Lipinski definition) is 2. The average molecular weight is 379 g/mol. The number of ether oxygens (including phenoxy) is 3. The number of aliphatic hydroxyl groups excluding tert-OH is 1. The van der Waals surface area contributed by atoms with Crippen LogP contribution in [-0.4, -0.2) is 48.7 Å². The molecule has 0 heterocycles. The Balaban J connectivity index is 1.87. The molecule has 0 bridgehead atoms. The highest BCUT2D eigenvalue weighted by Crippen LogP contribution is 2.36. The highest BCUT2D eigenvalue weighted by Gasteiger charge is 2.27. The van der Waals surface area contributed by atoms with Gasteiger partial charge in [0.05, 0.1) is 18.8 Å². The molecule has 152 valence electrons. The fourth-order valence-corrected chi connectivity index (χ4v) is 3.14. The molecule has 5 nitrogen and oxygen atoms in total. The molecule has 0 spiro atoms. The lowest BCUT2D eigenvalue weighted by Crippen LogP contribution is -2.30. The first kappa shape index (κ1) is 22.1. The van der Waals surface area contributed by atoms with Crippen LogP contribution in [-0.2, 0) is 14.2 Å². The van der Waals surface area contributed by atoms with Gasteiger partial charge in [0.2, 0.25) is 0 Å². The smallest absolute Gasteiger partial charge is 0.184 e. The zero-order chi connectivity index (χ0) is 19.7. The van der Waals surface area contributed by atoms with Crippen LogP contribution >= 0.6 is 0 Å². The first-order chi connectivity index (χ1) is 13.0. The first-order valence-electron chi connectivity index (χ1n) is 9.94. The van der Waals surface area contributed by atoms with Crippen LogP contribution in [0.25, 0.3) is 11.6 Å². The second kappa shape index (κ2) is 10.9. The number of aliphatic hydroxyl groups is 2. The molecule has 0 fully saturated rings. The second-order valence-electron chi connectivity index (χ2n) is 7.44. The van der Waals surface area contributed by atoms with Crippen molar-refractivity contribution in [2.24, 2.45) is 0 Å². The van der Waals surface area contributed by atoms with Crippen molar-refractivity contribution in [1.82, 2.24) is 0 Å². The Morgan fingerprint density at radius 2 is 1.81 bits per heavy atom. The number of rotatable bonds is 14. The monoisotopic (exact) mass is 378 g/mol. The van der Waals surface area contributed by atoms with E-state index in [2.05, 4.69) is 25.1 Å². The summed E-state index contributed by atoms with van der Waals surface area (Å²) in [5.74, 6) is 0. The summed E-state index contributed by atoms with van der Waals surface area (Å²) < 4.78 is 16.7. The maximum Gasteiger partial charge on any atom is 0.184 e. The van der Waals surface area contributed by atoms with E-state index in [4.69, 9.17) is 14.2 Å². The lowest BCUT2D eigenvalue weighted by Gasteiger charge is -2.30. The van der Waals surface area contributed by atoms with Gasteiger partial charge in [-0.05, 0) is 37.0 Å². The van der Waals surface area contributed by atoms with Crippen molar-refractivity contribution in [2.75, 3.05) is 20.3 Å². The van der Waals surface area contributed by atoms with Gasteiger partial charge in [0.1, 0.15) is 0 Å². The second-order valence-corrected chi connectivity index (χ2v) is 7.44. The van der Waals surface area contributed by atoms with Gasteiger partial charge in [-0.3, -0.25) is 0 Å². The van der Waals surface area contributed by atoms with E-state index < -0.39 is 18.2 Å². The van der Waals surface area contributed by atoms with E-state index in [1.165, 1.54) is 12.7 Å². The molecular weight excluding hydrogens is 344 g/mol. The van der Waals surface area contributed by atoms with Gasteiger partial charge in [-0.15, -0.1) is 0 Å². The van der Waals surface area contributed by atoms with Crippen LogP contribution in [0.2, 0.25) is 0 Å². The fourth-order valence-electron chi connectivity index (χ4n) is 3.14. The van der Waals surface area contributed by atoms with Crippen LogP contribution in [0.1, 0.15) is 63.5 Å². The van der Waals surface area contributed by atoms with Crippen molar-refractivity contribution in [1.29, 1.82) is 0 Å². The number of methoxy groups -OCH3 is 1. The molecular formula is C22H34O5. The maximum absolute atomic E-state index is 10.5. The van der Waals surface area contributed by atoms with Crippen LogP contribution in [0.4, 0.5) is 0 Å². The van der Waals surface area contributed by atoms with E-state index >= 15 is 0 Å². The van der Waals surface area contributed by atoms with Crippen LogP contribution in [0.15, 0.2) is 24.3 Å². The molecule has 27 heavy (non-hydrogen) atoms. The third kappa shape index (κ3) is 7.01. The Hall–Kier alpha value is -1.24. The largest absolute Gasteiger partial charge is 0.390 e. The molecule has 0 aliphatic heterocycles. The number of hydrogen-bond acceptors (Lipinski definition) is 5. The van der Waals surface area contributed by atoms with Gasteiger partial charge in [0.25, 0.3) is 0 Å². The molecule has 2 N–H and O–H groups in total. The lowest BCUT2D eigenvalue weighted by molar-refractivity contribution is -0.139. The zero-order valence-electron chi connectivity index (χ0n) is 16.8. The number of benzene rings is 1. The minimum Gasteiger partial charge on any atom is -0.390 e. The van der Waals surface area contributed by atoms with Gasteiger partial charge in [-0.2, -0.15) is 0 Å². The highest BCUT2D eigenvalue weighted by atomic mass is 16.7.